The van der Waals surface area contributed by atoms with Gasteiger partial charge in [-0.25, -0.2) is 0 Å². The second-order valence-corrected chi connectivity index (χ2v) is 6.89. The van der Waals surface area contributed by atoms with Crippen LogP contribution in [0.4, 0.5) is 0 Å². The summed E-state index contributed by atoms with van der Waals surface area (Å²) in [5, 5.41) is 15.3. The normalized spacial score (nSPS) is 11.8. The second-order valence-electron chi connectivity index (χ2n) is 5.18. The summed E-state index contributed by atoms with van der Waals surface area (Å²) in [6.45, 7) is 6.92. The van der Waals surface area contributed by atoms with E-state index in [-0.39, 0.29) is 5.54 Å². The maximum atomic E-state index is 4.08. The van der Waals surface area contributed by atoms with Crippen LogP contribution in [0.2, 0.25) is 0 Å². The average Bonchev–Trinajstić information content (AvgIpc) is 2.73. The molecule has 0 saturated carbocycles. The predicted octanol–water partition coefficient (Wildman–Crippen LogP) is 3.08. The minimum Gasteiger partial charge on any atom is -0.305 e. The highest BCUT2D eigenvalue weighted by molar-refractivity contribution is 9.11. The standard InChI is InChI=1S/C12H15Br2N5/c1-12(2,3)15-7-10-16-17-18-19(10)11-8(13)5-4-6-9(11)14/h4-6,15H,7H2,1-3H3. The molecule has 0 bridgehead atoms. The lowest BCUT2D eigenvalue weighted by atomic mass is 10.1. The summed E-state index contributed by atoms with van der Waals surface area (Å²) in [5.74, 6) is 0.766. The van der Waals surface area contributed by atoms with Crippen LogP contribution in [0.3, 0.4) is 0 Å². The zero-order valence-corrected chi connectivity index (χ0v) is 14.2. The van der Waals surface area contributed by atoms with E-state index < -0.39 is 0 Å². The smallest absolute Gasteiger partial charge is 0.170 e. The molecule has 0 atom stereocenters. The summed E-state index contributed by atoms with van der Waals surface area (Å²) >= 11 is 7.05. The van der Waals surface area contributed by atoms with Crippen LogP contribution in [0.1, 0.15) is 26.6 Å². The molecular weight excluding hydrogens is 374 g/mol. The van der Waals surface area contributed by atoms with Gasteiger partial charge in [-0.2, -0.15) is 4.68 Å². The summed E-state index contributed by atoms with van der Waals surface area (Å²) in [6, 6.07) is 5.88. The first-order valence-corrected chi connectivity index (χ1v) is 7.44. The third-order valence-corrected chi connectivity index (χ3v) is 3.74. The molecule has 0 fully saturated rings. The van der Waals surface area contributed by atoms with Crippen LogP contribution in [0.15, 0.2) is 27.1 Å². The monoisotopic (exact) mass is 387 g/mol. The van der Waals surface area contributed by atoms with Crippen molar-refractivity contribution in [2.24, 2.45) is 0 Å². The molecule has 5 nitrogen and oxygen atoms in total. The minimum atomic E-state index is 0.0158. The Hall–Kier alpha value is -0.790. The van der Waals surface area contributed by atoms with E-state index in [4.69, 9.17) is 0 Å². The van der Waals surface area contributed by atoms with Crippen LogP contribution in [-0.2, 0) is 6.54 Å². The number of para-hydroxylation sites is 1. The van der Waals surface area contributed by atoms with Gasteiger partial charge in [-0.15, -0.1) is 5.10 Å². The van der Waals surface area contributed by atoms with Crippen LogP contribution in [0, 0.1) is 0 Å². The topological polar surface area (TPSA) is 55.6 Å². The summed E-state index contributed by atoms with van der Waals surface area (Å²) in [7, 11) is 0. The second kappa shape index (κ2) is 5.68. The Labute approximate surface area is 129 Å². The molecule has 0 amide bonds. The SMILES string of the molecule is CC(C)(C)NCc1nnnn1-c1c(Br)cccc1Br. The van der Waals surface area contributed by atoms with Gasteiger partial charge in [0.15, 0.2) is 5.82 Å². The predicted molar refractivity (Wildman–Crippen MR) is 81.1 cm³/mol. The van der Waals surface area contributed by atoms with Gasteiger partial charge in [0.2, 0.25) is 0 Å². The van der Waals surface area contributed by atoms with Crippen LogP contribution in [0.5, 0.6) is 0 Å². The van der Waals surface area contributed by atoms with Crippen molar-refractivity contribution in [3.63, 3.8) is 0 Å². The Bertz CT molecular complexity index is 553. The molecule has 102 valence electrons. The van der Waals surface area contributed by atoms with E-state index in [9.17, 15) is 0 Å². The highest BCUT2D eigenvalue weighted by Gasteiger charge is 2.16. The Morgan fingerprint density at radius 3 is 2.42 bits per heavy atom. The van der Waals surface area contributed by atoms with Gasteiger partial charge in [-0.05, 0) is 75.2 Å². The largest absolute Gasteiger partial charge is 0.305 e. The number of nitrogens with one attached hydrogen (secondary N) is 1. The molecule has 0 saturated heterocycles. The lowest BCUT2D eigenvalue weighted by molar-refractivity contribution is 0.415. The van der Waals surface area contributed by atoms with E-state index in [1.165, 1.54) is 0 Å². The molecule has 7 heteroatoms. The van der Waals surface area contributed by atoms with Gasteiger partial charge in [-0.3, -0.25) is 0 Å². The van der Waals surface area contributed by atoms with Crippen molar-refractivity contribution in [1.82, 2.24) is 25.5 Å². The van der Waals surface area contributed by atoms with E-state index in [0.717, 1.165) is 20.5 Å². The van der Waals surface area contributed by atoms with Gasteiger partial charge in [0.1, 0.15) is 0 Å². The van der Waals surface area contributed by atoms with E-state index in [0.29, 0.717) is 6.54 Å². The number of hydrogen-bond acceptors (Lipinski definition) is 4. The quantitative estimate of drug-likeness (QED) is 0.877. The molecule has 0 aliphatic carbocycles. The molecular formula is C12H15Br2N5. The maximum Gasteiger partial charge on any atom is 0.170 e. The van der Waals surface area contributed by atoms with Crippen molar-refractivity contribution < 1.29 is 0 Å². The van der Waals surface area contributed by atoms with Gasteiger partial charge in [0.05, 0.1) is 12.2 Å². The number of tetrazole rings is 1. The molecule has 1 aromatic heterocycles. The van der Waals surface area contributed by atoms with Gasteiger partial charge >= 0.3 is 0 Å². The Morgan fingerprint density at radius 1 is 1.21 bits per heavy atom. The summed E-state index contributed by atoms with van der Waals surface area (Å²) in [5.41, 5.74) is 0.917. The summed E-state index contributed by atoms with van der Waals surface area (Å²) in [6.07, 6.45) is 0. The first kappa shape index (κ1) is 14.6. The van der Waals surface area contributed by atoms with Crippen LogP contribution < -0.4 is 5.32 Å². The van der Waals surface area contributed by atoms with Crippen LogP contribution >= 0.6 is 31.9 Å². The van der Waals surface area contributed by atoms with Crippen molar-refractivity contribution in [3.05, 3.63) is 33.0 Å². The summed E-state index contributed by atoms with van der Waals surface area (Å²) < 4.78 is 3.60. The van der Waals surface area contributed by atoms with Gasteiger partial charge in [0.25, 0.3) is 0 Å². The minimum absolute atomic E-state index is 0.0158. The number of nitrogens with zero attached hydrogens (tertiary/aromatic N) is 4. The molecule has 0 aliphatic heterocycles. The molecule has 2 aromatic rings. The van der Waals surface area contributed by atoms with E-state index >= 15 is 0 Å². The molecule has 0 aliphatic rings. The van der Waals surface area contributed by atoms with Crippen molar-refractivity contribution in [1.29, 1.82) is 0 Å². The summed E-state index contributed by atoms with van der Waals surface area (Å²) in [4.78, 5) is 0. The lowest BCUT2D eigenvalue weighted by Gasteiger charge is -2.20. The molecule has 0 unspecified atom stereocenters. The van der Waals surface area contributed by atoms with Crippen LogP contribution in [0.25, 0.3) is 5.69 Å². The van der Waals surface area contributed by atoms with Gasteiger partial charge in [0, 0.05) is 14.5 Å². The van der Waals surface area contributed by atoms with Crippen LogP contribution in [-0.4, -0.2) is 25.7 Å². The molecule has 1 heterocycles. The molecule has 1 N–H and O–H groups in total. The van der Waals surface area contributed by atoms with Crippen molar-refractivity contribution >= 4 is 31.9 Å². The van der Waals surface area contributed by atoms with Crippen molar-refractivity contribution in [3.8, 4) is 5.69 Å². The van der Waals surface area contributed by atoms with Gasteiger partial charge < -0.3 is 5.32 Å². The number of benzene rings is 1. The first-order chi connectivity index (χ1) is 8.88. The highest BCUT2D eigenvalue weighted by Crippen LogP contribution is 2.28. The van der Waals surface area contributed by atoms with Crippen molar-refractivity contribution in [2.45, 2.75) is 32.9 Å². The molecule has 19 heavy (non-hydrogen) atoms. The number of aromatic nitrogens is 4. The molecule has 2 rings (SSSR count). The Kier molecular flexibility index (Phi) is 4.37. The Balaban J connectivity index is 2.34. The van der Waals surface area contributed by atoms with E-state index in [2.05, 4.69) is 73.5 Å². The molecule has 0 spiro atoms. The average molecular weight is 389 g/mol. The zero-order valence-electron chi connectivity index (χ0n) is 11.0. The van der Waals surface area contributed by atoms with Crippen molar-refractivity contribution in [2.75, 3.05) is 0 Å². The molecule has 0 radical (unpaired) electrons. The number of halogens is 2. The third kappa shape index (κ3) is 3.61. The fourth-order valence-electron chi connectivity index (χ4n) is 1.53. The maximum absolute atomic E-state index is 4.08. The molecule has 1 aromatic carbocycles. The van der Waals surface area contributed by atoms with E-state index in [1.54, 1.807) is 4.68 Å². The van der Waals surface area contributed by atoms with E-state index in [1.807, 2.05) is 18.2 Å². The first-order valence-electron chi connectivity index (χ1n) is 5.85. The fourth-order valence-corrected chi connectivity index (χ4v) is 2.86. The lowest BCUT2D eigenvalue weighted by Crippen LogP contribution is -2.36. The highest BCUT2D eigenvalue weighted by atomic mass is 79.9. The number of rotatable bonds is 3. The third-order valence-electron chi connectivity index (χ3n) is 2.46. The van der Waals surface area contributed by atoms with Gasteiger partial charge in [-0.1, -0.05) is 6.07 Å². The zero-order chi connectivity index (χ0) is 14.0. The number of hydrogen-bond donors (Lipinski definition) is 1. The Morgan fingerprint density at radius 2 is 1.84 bits per heavy atom. The fraction of sp³-hybridized carbons (Fsp3) is 0.417.